The van der Waals surface area contributed by atoms with Crippen molar-refractivity contribution >= 4 is 54.6 Å². The molecule has 0 saturated carbocycles. The van der Waals surface area contributed by atoms with Crippen molar-refractivity contribution in [2.24, 2.45) is 0 Å². The van der Waals surface area contributed by atoms with Crippen LogP contribution in [0.4, 0.5) is 0 Å². The van der Waals surface area contributed by atoms with Crippen LogP contribution in [-0.2, 0) is 0 Å². The average molecular weight is 583 g/mol. The van der Waals surface area contributed by atoms with E-state index in [4.69, 9.17) is 11.0 Å². The fraction of sp³-hybridized carbons (Fsp3) is 0. The first-order valence-electron chi connectivity index (χ1n) is 19.2. The third-order valence-electron chi connectivity index (χ3n) is 8.77. The van der Waals surface area contributed by atoms with Gasteiger partial charge in [0.05, 0.1) is 45.4 Å². The Labute approximate surface area is 272 Å². The van der Waals surface area contributed by atoms with Crippen molar-refractivity contribution < 1.29 is 12.3 Å². The molecule has 0 N–H and O–H groups in total. The summed E-state index contributed by atoms with van der Waals surface area (Å²) >= 11 is 0. The first-order valence-corrected chi connectivity index (χ1v) is 14.7. The van der Waals surface area contributed by atoms with Crippen LogP contribution >= 0.6 is 0 Å². The molecular formula is C42H27N3. The first-order chi connectivity index (χ1) is 26.1. The third kappa shape index (κ3) is 3.41. The molecule has 0 amide bonds. The first kappa shape index (κ1) is 17.3. The zero-order valence-electron chi connectivity index (χ0n) is 32.7. The molecule has 3 heteroatoms. The molecule has 10 aromatic rings. The summed E-state index contributed by atoms with van der Waals surface area (Å²) < 4.78 is 84.2. The predicted molar refractivity (Wildman–Crippen MR) is 189 cm³/mol. The van der Waals surface area contributed by atoms with Gasteiger partial charge in [-0.05, 0) is 77.8 Å². The Morgan fingerprint density at radius 1 is 0.378 bits per heavy atom. The lowest BCUT2D eigenvalue weighted by atomic mass is 10.1. The second-order valence-corrected chi connectivity index (χ2v) is 11.1. The van der Waals surface area contributed by atoms with Crippen molar-refractivity contribution in [3.63, 3.8) is 0 Å². The second kappa shape index (κ2) is 9.22. The molecule has 3 aromatic heterocycles. The van der Waals surface area contributed by atoms with E-state index in [2.05, 4.69) is 69.8 Å². The number of para-hydroxylation sites is 2. The minimum absolute atomic E-state index is 0.00563. The van der Waals surface area contributed by atoms with Crippen LogP contribution in [0.2, 0.25) is 0 Å². The molecule has 0 aliphatic rings. The van der Waals surface area contributed by atoms with Gasteiger partial charge in [0.15, 0.2) is 0 Å². The van der Waals surface area contributed by atoms with Crippen LogP contribution in [0.15, 0.2) is 164 Å². The van der Waals surface area contributed by atoms with Gasteiger partial charge >= 0.3 is 0 Å². The van der Waals surface area contributed by atoms with Crippen molar-refractivity contribution in [2.75, 3.05) is 0 Å². The van der Waals surface area contributed by atoms with Crippen LogP contribution in [0.25, 0.3) is 82.8 Å². The van der Waals surface area contributed by atoms with Gasteiger partial charge in [0.25, 0.3) is 0 Å². The molecule has 7 aromatic carbocycles. The molecule has 0 aliphatic heterocycles. The maximum atomic E-state index is 9.43. The van der Waals surface area contributed by atoms with E-state index in [9.17, 15) is 1.37 Å². The summed E-state index contributed by atoms with van der Waals surface area (Å²) in [5, 5.41) is 4.11. The zero-order chi connectivity index (χ0) is 37.3. The standard InChI is InChI=1S/C42H27N3/c1-2-12-28(13-3-1)29-14-8-15-30(26-29)44-37-22-10-24-39-41(37)42-38(44)23-11-25-40(42)45(39)32-17-9-16-31(27-32)43-35-20-6-4-18-33(35)34-19-5-7-21-36(34)43/h1-27H/i1D,2D,3D,8D,12D,13D,14D,15D,26D. The molecule has 0 radical (unpaired) electrons. The maximum Gasteiger partial charge on any atom is 0.0651 e. The molecule has 0 saturated heterocycles. The van der Waals surface area contributed by atoms with E-state index >= 15 is 0 Å². The van der Waals surface area contributed by atoms with Crippen molar-refractivity contribution in [3.8, 4) is 28.2 Å². The fourth-order valence-electron chi connectivity index (χ4n) is 7.01. The molecular weight excluding hydrogens is 546 g/mol. The molecule has 0 fully saturated rings. The van der Waals surface area contributed by atoms with Crippen LogP contribution in [-0.4, -0.2) is 13.7 Å². The smallest absolute Gasteiger partial charge is 0.0651 e. The molecule has 0 unspecified atom stereocenters. The van der Waals surface area contributed by atoms with E-state index in [0.29, 0.717) is 11.0 Å². The summed E-state index contributed by atoms with van der Waals surface area (Å²) in [5.74, 6) is 0. The topological polar surface area (TPSA) is 14.8 Å². The Kier molecular flexibility index (Phi) is 3.54. The number of benzene rings is 7. The van der Waals surface area contributed by atoms with Gasteiger partial charge in [-0.2, -0.15) is 0 Å². The van der Waals surface area contributed by atoms with Gasteiger partial charge in [-0.25, -0.2) is 0 Å². The Hall–Kier alpha value is -6.06. The highest BCUT2D eigenvalue weighted by Gasteiger charge is 2.22. The molecule has 0 spiro atoms. The number of aromatic nitrogens is 3. The van der Waals surface area contributed by atoms with E-state index in [1.807, 2.05) is 48.5 Å². The van der Waals surface area contributed by atoms with Crippen molar-refractivity contribution in [2.45, 2.75) is 0 Å². The van der Waals surface area contributed by atoms with Crippen LogP contribution in [0.3, 0.4) is 0 Å². The third-order valence-corrected chi connectivity index (χ3v) is 8.77. The number of nitrogens with zero attached hydrogens (tertiary/aromatic N) is 3. The number of fused-ring (bicyclic) bond motifs is 3. The van der Waals surface area contributed by atoms with Crippen LogP contribution in [0.1, 0.15) is 12.3 Å². The monoisotopic (exact) mass is 582 g/mol. The number of hydrogen-bond donors (Lipinski definition) is 0. The highest BCUT2D eigenvalue weighted by atomic mass is 15.0. The highest BCUT2D eigenvalue weighted by molar-refractivity contribution is 6.25. The lowest BCUT2D eigenvalue weighted by molar-refractivity contribution is 1.13. The van der Waals surface area contributed by atoms with Crippen LogP contribution in [0.5, 0.6) is 0 Å². The minimum atomic E-state index is -0.601. The van der Waals surface area contributed by atoms with Gasteiger partial charge in [0.2, 0.25) is 0 Å². The average Bonchev–Trinajstić information content (AvgIpc) is 3.84. The maximum absolute atomic E-state index is 9.43. The molecule has 0 bridgehead atoms. The molecule has 0 atom stereocenters. The van der Waals surface area contributed by atoms with Crippen molar-refractivity contribution in [3.05, 3.63) is 164 Å². The van der Waals surface area contributed by atoms with Gasteiger partial charge < -0.3 is 13.7 Å². The summed E-state index contributed by atoms with van der Waals surface area (Å²) in [6.45, 7) is 0. The van der Waals surface area contributed by atoms with Crippen molar-refractivity contribution in [1.82, 2.24) is 13.7 Å². The summed E-state index contributed by atoms with van der Waals surface area (Å²) in [6.07, 6.45) is 0. The van der Waals surface area contributed by atoms with E-state index in [-0.39, 0.29) is 28.9 Å². The van der Waals surface area contributed by atoms with Gasteiger partial charge in [0, 0.05) is 38.6 Å². The number of rotatable bonds is 4. The molecule has 0 aliphatic carbocycles. The Morgan fingerprint density at radius 2 is 0.844 bits per heavy atom. The quantitative estimate of drug-likeness (QED) is 0.196. The van der Waals surface area contributed by atoms with Crippen molar-refractivity contribution in [1.29, 1.82) is 0 Å². The normalized spacial score (nSPS) is 14.8. The van der Waals surface area contributed by atoms with Gasteiger partial charge in [-0.1, -0.05) is 96.9 Å². The van der Waals surface area contributed by atoms with Gasteiger partial charge in [0.1, 0.15) is 0 Å². The Bertz CT molecular complexity index is 3080. The van der Waals surface area contributed by atoms with Gasteiger partial charge in [-0.3, -0.25) is 0 Å². The minimum Gasteiger partial charge on any atom is -0.309 e. The lowest BCUT2D eigenvalue weighted by Gasteiger charge is -2.15. The summed E-state index contributed by atoms with van der Waals surface area (Å²) in [4.78, 5) is 0. The van der Waals surface area contributed by atoms with Crippen LogP contribution in [0, 0.1) is 0 Å². The molecule has 3 heterocycles. The molecule has 45 heavy (non-hydrogen) atoms. The van der Waals surface area contributed by atoms with E-state index in [1.54, 1.807) is 4.57 Å². The number of hydrogen-bond acceptors (Lipinski definition) is 0. The molecule has 3 nitrogen and oxygen atoms in total. The summed E-state index contributed by atoms with van der Waals surface area (Å²) in [6, 6.07) is 32.1. The summed E-state index contributed by atoms with van der Waals surface area (Å²) in [7, 11) is 0. The van der Waals surface area contributed by atoms with Crippen LogP contribution < -0.4 is 0 Å². The van der Waals surface area contributed by atoms with E-state index < -0.39 is 42.3 Å². The van der Waals surface area contributed by atoms with E-state index in [1.165, 1.54) is 10.8 Å². The van der Waals surface area contributed by atoms with E-state index in [0.717, 1.165) is 44.2 Å². The zero-order valence-corrected chi connectivity index (χ0v) is 23.7. The second-order valence-electron chi connectivity index (χ2n) is 11.1. The van der Waals surface area contributed by atoms with Gasteiger partial charge in [-0.15, -0.1) is 0 Å². The molecule has 10 rings (SSSR count). The predicted octanol–water partition coefficient (Wildman–Crippen LogP) is 10.9. The lowest BCUT2D eigenvalue weighted by Crippen LogP contribution is -2.00. The Morgan fingerprint density at radius 3 is 1.44 bits per heavy atom. The largest absolute Gasteiger partial charge is 0.309 e. The highest BCUT2D eigenvalue weighted by Crippen LogP contribution is 2.43. The molecule has 210 valence electrons. The SMILES string of the molecule is [2H]c1c([2H])c([2H])c(-c2c([2H])c([2H])c([2H])c(-n3c4cccc5c4c4c(cccc43)n5-c3cccc(-n4c5ccccc5c5ccccc54)c3)c2[2H])c([2H])c1[2H]. The Balaban J connectivity index is 1.24. The summed E-state index contributed by atoms with van der Waals surface area (Å²) in [5.41, 5.74) is 6.64. The fourth-order valence-corrected chi connectivity index (χ4v) is 7.01.